The van der Waals surface area contributed by atoms with Gasteiger partial charge in [-0.05, 0) is 48.9 Å². The van der Waals surface area contributed by atoms with Gasteiger partial charge < -0.3 is 11.1 Å². The molecule has 0 radical (unpaired) electrons. The van der Waals surface area contributed by atoms with Gasteiger partial charge in [0, 0.05) is 12.6 Å². The van der Waals surface area contributed by atoms with Gasteiger partial charge in [-0.25, -0.2) is 0 Å². The van der Waals surface area contributed by atoms with E-state index in [9.17, 15) is 4.79 Å². The van der Waals surface area contributed by atoms with Crippen LogP contribution in [0.1, 0.15) is 52.9 Å². The molecule has 3 aliphatic rings. The van der Waals surface area contributed by atoms with Gasteiger partial charge in [-0.15, -0.1) is 0 Å². The molecule has 3 rings (SSSR count). The zero-order chi connectivity index (χ0) is 13.2. The van der Waals surface area contributed by atoms with E-state index in [2.05, 4.69) is 26.1 Å². The van der Waals surface area contributed by atoms with Crippen LogP contribution in [0.4, 0.5) is 0 Å². The van der Waals surface area contributed by atoms with E-state index in [1.165, 1.54) is 19.3 Å². The molecule has 2 bridgehead atoms. The van der Waals surface area contributed by atoms with Crippen LogP contribution < -0.4 is 11.1 Å². The lowest BCUT2D eigenvalue weighted by Gasteiger charge is -2.43. The Labute approximate surface area is 110 Å². The quantitative estimate of drug-likeness (QED) is 0.805. The fraction of sp³-hybridized carbons (Fsp3) is 0.933. The number of hydrogen-bond acceptors (Lipinski definition) is 2. The fourth-order valence-electron chi connectivity index (χ4n) is 4.62. The molecule has 3 atom stereocenters. The maximum Gasteiger partial charge on any atom is 0.227 e. The van der Waals surface area contributed by atoms with Crippen molar-refractivity contribution < 1.29 is 4.79 Å². The van der Waals surface area contributed by atoms with Gasteiger partial charge in [-0.2, -0.15) is 0 Å². The largest absolute Gasteiger partial charge is 0.352 e. The number of fused-ring (bicyclic) bond motifs is 2. The molecule has 0 spiro atoms. The predicted molar refractivity (Wildman–Crippen MR) is 71.9 cm³/mol. The van der Waals surface area contributed by atoms with Gasteiger partial charge in [0.2, 0.25) is 5.91 Å². The van der Waals surface area contributed by atoms with Crippen molar-refractivity contribution in [2.24, 2.45) is 27.9 Å². The third kappa shape index (κ3) is 1.49. The van der Waals surface area contributed by atoms with Crippen LogP contribution in [0.5, 0.6) is 0 Å². The molecular formula is C15H26N2O. The lowest BCUT2D eigenvalue weighted by Crippen LogP contribution is -2.54. The first-order chi connectivity index (χ1) is 8.34. The summed E-state index contributed by atoms with van der Waals surface area (Å²) in [5.74, 6) is 0.998. The van der Waals surface area contributed by atoms with Crippen LogP contribution in [-0.4, -0.2) is 18.5 Å². The van der Waals surface area contributed by atoms with Crippen molar-refractivity contribution in [2.75, 3.05) is 6.54 Å². The lowest BCUT2D eigenvalue weighted by atomic mass is 9.68. The highest BCUT2D eigenvalue weighted by Gasteiger charge is 2.61. The Morgan fingerprint density at radius 3 is 2.39 bits per heavy atom. The van der Waals surface area contributed by atoms with Crippen LogP contribution in [0.3, 0.4) is 0 Å². The van der Waals surface area contributed by atoms with E-state index >= 15 is 0 Å². The smallest absolute Gasteiger partial charge is 0.227 e. The summed E-state index contributed by atoms with van der Waals surface area (Å²) in [7, 11) is 0. The summed E-state index contributed by atoms with van der Waals surface area (Å²) in [6, 6.07) is 0.334. The van der Waals surface area contributed by atoms with Crippen molar-refractivity contribution in [1.82, 2.24) is 5.32 Å². The first-order valence-corrected chi connectivity index (χ1v) is 7.35. The van der Waals surface area contributed by atoms with Crippen molar-refractivity contribution >= 4 is 5.91 Å². The van der Waals surface area contributed by atoms with Crippen molar-refractivity contribution in [1.29, 1.82) is 0 Å². The normalized spacial score (nSPS) is 42.9. The van der Waals surface area contributed by atoms with E-state index in [4.69, 9.17) is 5.73 Å². The first kappa shape index (κ1) is 12.5. The molecule has 3 nitrogen and oxygen atoms in total. The third-order valence-corrected chi connectivity index (χ3v) is 6.27. The van der Waals surface area contributed by atoms with E-state index in [-0.39, 0.29) is 16.7 Å². The average Bonchev–Trinajstić information content (AvgIpc) is 2.98. The molecule has 3 aliphatic carbocycles. The van der Waals surface area contributed by atoms with Crippen LogP contribution in [0.25, 0.3) is 0 Å². The monoisotopic (exact) mass is 250 g/mol. The number of nitrogens with two attached hydrogens (primary N) is 1. The summed E-state index contributed by atoms with van der Waals surface area (Å²) >= 11 is 0. The van der Waals surface area contributed by atoms with E-state index < -0.39 is 0 Å². The van der Waals surface area contributed by atoms with E-state index in [1.807, 2.05) is 0 Å². The van der Waals surface area contributed by atoms with Gasteiger partial charge in [0.25, 0.3) is 0 Å². The minimum absolute atomic E-state index is 0.214. The number of rotatable bonds is 3. The van der Waals surface area contributed by atoms with Gasteiger partial charge in [-0.1, -0.05) is 20.8 Å². The van der Waals surface area contributed by atoms with Gasteiger partial charge in [0.05, 0.1) is 5.41 Å². The van der Waals surface area contributed by atoms with E-state index in [1.54, 1.807) is 0 Å². The van der Waals surface area contributed by atoms with Crippen molar-refractivity contribution in [3.8, 4) is 0 Å². The maximum absolute atomic E-state index is 12.4. The summed E-state index contributed by atoms with van der Waals surface area (Å²) in [6.45, 7) is 7.52. The van der Waals surface area contributed by atoms with E-state index in [0.717, 1.165) is 18.8 Å². The van der Waals surface area contributed by atoms with Gasteiger partial charge in [-0.3, -0.25) is 4.79 Å². The molecule has 3 fully saturated rings. The Hall–Kier alpha value is -0.570. The Balaban J connectivity index is 1.78. The maximum atomic E-state index is 12.4. The number of carbonyl (C=O) groups is 1. The molecule has 18 heavy (non-hydrogen) atoms. The minimum Gasteiger partial charge on any atom is -0.352 e. The van der Waals surface area contributed by atoms with Gasteiger partial charge in [0.15, 0.2) is 0 Å². The number of amides is 1. The number of carbonyl (C=O) groups excluding carboxylic acids is 1. The van der Waals surface area contributed by atoms with Crippen LogP contribution in [0, 0.1) is 22.2 Å². The zero-order valence-electron chi connectivity index (χ0n) is 11.9. The third-order valence-electron chi connectivity index (χ3n) is 6.27. The highest BCUT2D eigenvalue weighted by Crippen LogP contribution is 2.62. The minimum atomic E-state index is -0.214. The fourth-order valence-corrected chi connectivity index (χ4v) is 4.62. The molecular weight excluding hydrogens is 224 g/mol. The van der Waals surface area contributed by atoms with Gasteiger partial charge in [0.1, 0.15) is 0 Å². The highest BCUT2D eigenvalue weighted by atomic mass is 16.2. The molecule has 0 saturated heterocycles. The Morgan fingerprint density at radius 2 is 1.94 bits per heavy atom. The average molecular weight is 250 g/mol. The molecule has 3 heteroatoms. The second-order valence-corrected chi connectivity index (χ2v) is 7.81. The predicted octanol–water partition coefficient (Wildman–Crippen LogP) is 2.06. The second kappa shape index (κ2) is 3.50. The second-order valence-electron chi connectivity index (χ2n) is 7.81. The molecule has 3 N–H and O–H groups in total. The van der Waals surface area contributed by atoms with Crippen LogP contribution >= 0.6 is 0 Å². The molecule has 3 unspecified atom stereocenters. The first-order valence-electron chi connectivity index (χ1n) is 7.35. The highest BCUT2D eigenvalue weighted by molar-refractivity contribution is 5.86. The summed E-state index contributed by atoms with van der Waals surface area (Å²) < 4.78 is 0. The number of nitrogens with one attached hydrogen (secondary N) is 1. The van der Waals surface area contributed by atoms with Crippen LogP contribution in [-0.2, 0) is 4.79 Å². The zero-order valence-corrected chi connectivity index (χ0v) is 11.9. The Bertz CT molecular complexity index is 381. The summed E-state index contributed by atoms with van der Waals surface area (Å²) in [4.78, 5) is 12.4. The molecule has 0 aromatic heterocycles. The summed E-state index contributed by atoms with van der Waals surface area (Å²) in [5.41, 5.74) is 6.10. The van der Waals surface area contributed by atoms with Crippen LogP contribution in [0.15, 0.2) is 0 Å². The van der Waals surface area contributed by atoms with Crippen LogP contribution in [0.2, 0.25) is 0 Å². The molecule has 0 heterocycles. The topological polar surface area (TPSA) is 55.1 Å². The molecule has 0 aromatic rings. The molecule has 3 saturated carbocycles. The lowest BCUT2D eigenvalue weighted by molar-refractivity contribution is -0.128. The van der Waals surface area contributed by atoms with Crippen molar-refractivity contribution in [3.63, 3.8) is 0 Å². The van der Waals surface area contributed by atoms with Crippen molar-refractivity contribution in [3.05, 3.63) is 0 Å². The van der Waals surface area contributed by atoms with E-state index in [0.29, 0.717) is 18.0 Å². The standard InChI is InChI=1S/C15H26N2O/c1-13(2)10-4-5-14(3,8-10)11(13)17-12(18)15(9-16)6-7-15/h10-11H,4-9,16H2,1-3H3,(H,17,18). The van der Waals surface area contributed by atoms with Crippen molar-refractivity contribution in [2.45, 2.75) is 58.9 Å². The molecule has 102 valence electrons. The SMILES string of the molecule is CC12CCC(C1)C(C)(C)C2NC(=O)C1(CN)CC1. The number of hydrogen-bond donors (Lipinski definition) is 2. The summed E-state index contributed by atoms with van der Waals surface area (Å²) in [6.07, 6.45) is 5.82. The Morgan fingerprint density at radius 1 is 1.28 bits per heavy atom. The summed E-state index contributed by atoms with van der Waals surface area (Å²) in [5, 5.41) is 3.38. The molecule has 0 aliphatic heterocycles. The molecule has 1 amide bonds. The van der Waals surface area contributed by atoms with Gasteiger partial charge >= 0.3 is 0 Å². The Kier molecular flexibility index (Phi) is 2.42. The molecule has 0 aromatic carbocycles.